The standard InChI is InChI=1S/C31H33Cl3N2O2S/c32-24-12-7-11-23(17-24)20-39-21-30(37)36(19-26-27(33)15-8-16-28(26)34)29(18-22-9-3-1-4-10-22)31(38)35-25-13-5-2-6-14-25/h1,3-4,7-12,15-17,25,29H,2,5-6,13-14,18-21H2,(H,35,38)/t29-/m1/s1. The van der Waals surface area contributed by atoms with E-state index in [1.807, 2.05) is 54.6 Å². The van der Waals surface area contributed by atoms with E-state index in [1.165, 1.54) is 18.2 Å². The van der Waals surface area contributed by atoms with Crippen LogP contribution in [-0.4, -0.2) is 34.6 Å². The van der Waals surface area contributed by atoms with E-state index in [0.717, 1.165) is 36.8 Å². The lowest BCUT2D eigenvalue weighted by Gasteiger charge is -2.34. The van der Waals surface area contributed by atoms with Gasteiger partial charge in [-0.25, -0.2) is 0 Å². The van der Waals surface area contributed by atoms with Gasteiger partial charge < -0.3 is 10.2 Å². The zero-order valence-electron chi connectivity index (χ0n) is 21.8. The summed E-state index contributed by atoms with van der Waals surface area (Å²) < 4.78 is 0. The molecule has 2 amide bonds. The van der Waals surface area contributed by atoms with E-state index in [4.69, 9.17) is 34.8 Å². The molecule has 0 radical (unpaired) electrons. The molecule has 3 aromatic rings. The Balaban J connectivity index is 1.60. The van der Waals surface area contributed by atoms with Crippen molar-refractivity contribution in [3.8, 4) is 0 Å². The van der Waals surface area contributed by atoms with E-state index >= 15 is 0 Å². The molecule has 0 saturated heterocycles. The summed E-state index contributed by atoms with van der Waals surface area (Å²) in [7, 11) is 0. The minimum Gasteiger partial charge on any atom is -0.352 e. The van der Waals surface area contributed by atoms with Crippen LogP contribution in [0.4, 0.5) is 0 Å². The molecule has 1 N–H and O–H groups in total. The van der Waals surface area contributed by atoms with E-state index in [0.29, 0.717) is 32.8 Å². The fraction of sp³-hybridized carbons (Fsp3) is 0.355. The minimum absolute atomic E-state index is 0.127. The fourth-order valence-electron chi connectivity index (χ4n) is 4.92. The van der Waals surface area contributed by atoms with Gasteiger partial charge in [-0.1, -0.05) is 103 Å². The van der Waals surface area contributed by atoms with E-state index in [9.17, 15) is 9.59 Å². The lowest BCUT2D eigenvalue weighted by atomic mass is 9.94. The van der Waals surface area contributed by atoms with Crippen molar-refractivity contribution in [3.63, 3.8) is 0 Å². The summed E-state index contributed by atoms with van der Waals surface area (Å²) in [4.78, 5) is 29.4. The molecule has 1 aliphatic carbocycles. The molecule has 0 aliphatic heterocycles. The highest BCUT2D eigenvalue weighted by molar-refractivity contribution is 7.99. The van der Waals surface area contributed by atoms with Crippen LogP contribution in [0, 0.1) is 0 Å². The van der Waals surface area contributed by atoms with Crippen molar-refractivity contribution in [3.05, 3.63) is 105 Å². The molecular weight excluding hydrogens is 571 g/mol. The second kappa shape index (κ2) is 15.0. The molecule has 0 aromatic heterocycles. The first-order valence-electron chi connectivity index (χ1n) is 13.3. The first-order chi connectivity index (χ1) is 18.9. The number of benzene rings is 3. The Morgan fingerprint density at radius 2 is 1.54 bits per heavy atom. The van der Waals surface area contributed by atoms with E-state index < -0.39 is 6.04 Å². The number of nitrogens with one attached hydrogen (secondary N) is 1. The zero-order chi connectivity index (χ0) is 27.6. The predicted octanol–water partition coefficient (Wildman–Crippen LogP) is 7.97. The molecule has 0 spiro atoms. The topological polar surface area (TPSA) is 49.4 Å². The Bertz CT molecular complexity index is 1230. The molecule has 0 heterocycles. The summed E-state index contributed by atoms with van der Waals surface area (Å²) in [5.41, 5.74) is 2.66. The van der Waals surface area contributed by atoms with Gasteiger partial charge in [0.15, 0.2) is 0 Å². The summed E-state index contributed by atoms with van der Waals surface area (Å²) in [6.45, 7) is 0.144. The summed E-state index contributed by atoms with van der Waals surface area (Å²) >= 11 is 20.7. The van der Waals surface area contributed by atoms with Crippen LogP contribution in [-0.2, 0) is 28.3 Å². The summed E-state index contributed by atoms with van der Waals surface area (Å²) in [6.07, 6.45) is 5.72. The van der Waals surface area contributed by atoms with Crippen molar-refractivity contribution in [1.29, 1.82) is 0 Å². The predicted molar refractivity (Wildman–Crippen MR) is 164 cm³/mol. The lowest BCUT2D eigenvalue weighted by molar-refractivity contribution is -0.139. The van der Waals surface area contributed by atoms with Gasteiger partial charge in [-0.15, -0.1) is 11.8 Å². The molecule has 4 nitrogen and oxygen atoms in total. The number of thioether (sulfide) groups is 1. The molecule has 3 aromatic carbocycles. The Hall–Kier alpha value is -2.18. The second-order valence-electron chi connectivity index (χ2n) is 9.89. The van der Waals surface area contributed by atoms with Crippen molar-refractivity contribution < 1.29 is 9.59 Å². The van der Waals surface area contributed by atoms with Gasteiger partial charge in [0.2, 0.25) is 11.8 Å². The SMILES string of the molecule is O=C(NC1CCCCC1)[C@@H](Cc1ccccc1)N(Cc1c(Cl)cccc1Cl)C(=O)CSCc1cccc(Cl)c1. The molecule has 39 heavy (non-hydrogen) atoms. The maximum absolute atomic E-state index is 13.9. The average Bonchev–Trinajstić information content (AvgIpc) is 2.93. The van der Waals surface area contributed by atoms with Gasteiger partial charge in [0.25, 0.3) is 0 Å². The lowest BCUT2D eigenvalue weighted by Crippen LogP contribution is -2.53. The maximum atomic E-state index is 13.9. The van der Waals surface area contributed by atoms with E-state index in [1.54, 1.807) is 23.1 Å². The van der Waals surface area contributed by atoms with Gasteiger partial charge in [-0.05, 0) is 48.2 Å². The molecular formula is C31H33Cl3N2O2S. The van der Waals surface area contributed by atoms with Gasteiger partial charge in [-0.3, -0.25) is 9.59 Å². The van der Waals surface area contributed by atoms with E-state index in [-0.39, 0.29) is 30.2 Å². The normalized spacial score (nSPS) is 14.5. The van der Waals surface area contributed by atoms with Crippen LogP contribution in [0.5, 0.6) is 0 Å². The van der Waals surface area contributed by atoms with Gasteiger partial charge in [0, 0.05) is 45.4 Å². The Kier molecular flexibility index (Phi) is 11.5. The number of amides is 2. The number of hydrogen-bond acceptors (Lipinski definition) is 3. The average molecular weight is 604 g/mol. The van der Waals surface area contributed by atoms with Crippen LogP contribution in [0.25, 0.3) is 0 Å². The number of carbonyl (C=O) groups excluding carboxylic acids is 2. The van der Waals surface area contributed by atoms with Crippen molar-refractivity contribution in [1.82, 2.24) is 10.2 Å². The highest BCUT2D eigenvalue weighted by atomic mass is 35.5. The third-order valence-corrected chi connectivity index (χ3v) is 8.93. The summed E-state index contributed by atoms with van der Waals surface area (Å²) in [6, 6.07) is 22.1. The fourth-order valence-corrected chi connectivity index (χ4v) is 6.51. The Morgan fingerprint density at radius 3 is 2.23 bits per heavy atom. The van der Waals surface area contributed by atoms with Crippen LogP contribution in [0.1, 0.15) is 48.8 Å². The summed E-state index contributed by atoms with van der Waals surface area (Å²) in [5.74, 6) is 0.557. The molecule has 1 aliphatic rings. The van der Waals surface area contributed by atoms with Gasteiger partial charge >= 0.3 is 0 Å². The van der Waals surface area contributed by atoms with Crippen molar-refractivity contribution in [2.24, 2.45) is 0 Å². The number of carbonyl (C=O) groups is 2. The molecule has 206 valence electrons. The number of rotatable bonds is 11. The van der Waals surface area contributed by atoms with E-state index in [2.05, 4.69) is 5.32 Å². The first kappa shape index (κ1) is 29.8. The third-order valence-electron chi connectivity index (χ3n) is 7.00. The van der Waals surface area contributed by atoms with Crippen LogP contribution in [0.3, 0.4) is 0 Å². The zero-order valence-corrected chi connectivity index (χ0v) is 24.8. The van der Waals surface area contributed by atoms with Crippen LogP contribution in [0.2, 0.25) is 15.1 Å². The Morgan fingerprint density at radius 1 is 0.872 bits per heavy atom. The Labute approximate surface area is 250 Å². The third kappa shape index (κ3) is 8.91. The largest absolute Gasteiger partial charge is 0.352 e. The highest BCUT2D eigenvalue weighted by Crippen LogP contribution is 2.28. The molecule has 0 unspecified atom stereocenters. The van der Waals surface area contributed by atoms with Gasteiger partial charge in [0.05, 0.1) is 5.75 Å². The molecule has 0 bridgehead atoms. The quantitative estimate of drug-likeness (QED) is 0.242. The van der Waals surface area contributed by atoms with Crippen molar-refractivity contribution in [2.45, 2.75) is 62.9 Å². The molecule has 8 heteroatoms. The first-order valence-corrected chi connectivity index (χ1v) is 15.6. The van der Waals surface area contributed by atoms with Gasteiger partial charge in [-0.2, -0.15) is 0 Å². The van der Waals surface area contributed by atoms with Crippen LogP contribution >= 0.6 is 46.6 Å². The molecule has 4 rings (SSSR count). The number of nitrogens with zero attached hydrogens (tertiary/aromatic N) is 1. The number of halogens is 3. The van der Waals surface area contributed by atoms with Crippen molar-refractivity contribution in [2.75, 3.05) is 5.75 Å². The maximum Gasteiger partial charge on any atom is 0.243 e. The van der Waals surface area contributed by atoms with Gasteiger partial charge in [0.1, 0.15) is 6.04 Å². The molecule has 1 saturated carbocycles. The highest BCUT2D eigenvalue weighted by Gasteiger charge is 2.32. The van der Waals surface area contributed by atoms with Crippen molar-refractivity contribution >= 4 is 58.4 Å². The molecule has 1 fully saturated rings. The number of hydrogen-bond donors (Lipinski definition) is 1. The summed E-state index contributed by atoms with van der Waals surface area (Å²) in [5, 5.41) is 4.86. The molecule has 1 atom stereocenters. The van der Waals surface area contributed by atoms with Crippen LogP contribution in [0.15, 0.2) is 72.8 Å². The second-order valence-corrected chi connectivity index (χ2v) is 12.1. The minimum atomic E-state index is -0.707. The van der Waals surface area contributed by atoms with Crippen LogP contribution < -0.4 is 5.32 Å². The smallest absolute Gasteiger partial charge is 0.243 e. The monoisotopic (exact) mass is 602 g/mol.